The topological polar surface area (TPSA) is 96.3 Å². The van der Waals surface area contributed by atoms with Crippen LogP contribution >= 0.6 is 0 Å². The maximum atomic E-state index is 12.2. The molecular formula is C13H24N4O3. The van der Waals surface area contributed by atoms with E-state index in [1.807, 2.05) is 0 Å². The molecule has 1 heterocycles. The van der Waals surface area contributed by atoms with Crippen LogP contribution in [0.4, 0.5) is 0 Å². The predicted octanol–water partition coefficient (Wildman–Crippen LogP) is 2.02. The lowest BCUT2D eigenvalue weighted by Gasteiger charge is -2.40. The summed E-state index contributed by atoms with van der Waals surface area (Å²) in [5.41, 5.74) is 7.55. The van der Waals surface area contributed by atoms with Gasteiger partial charge in [0.05, 0.1) is 13.2 Å². The van der Waals surface area contributed by atoms with Crippen molar-refractivity contribution in [1.29, 1.82) is 0 Å². The smallest absolute Gasteiger partial charge is 0.326 e. The first-order valence-corrected chi connectivity index (χ1v) is 7.01. The van der Waals surface area contributed by atoms with Gasteiger partial charge >= 0.3 is 5.97 Å². The summed E-state index contributed by atoms with van der Waals surface area (Å²) in [7, 11) is 1.41. The van der Waals surface area contributed by atoms with Crippen LogP contribution in [-0.2, 0) is 14.3 Å². The second-order valence-corrected chi connectivity index (χ2v) is 5.42. The third kappa shape index (κ3) is 4.37. The van der Waals surface area contributed by atoms with Crippen LogP contribution in [0.3, 0.4) is 0 Å². The van der Waals surface area contributed by atoms with Crippen LogP contribution in [0.1, 0.15) is 33.1 Å². The van der Waals surface area contributed by atoms with Crippen molar-refractivity contribution < 1.29 is 14.3 Å². The van der Waals surface area contributed by atoms with E-state index in [0.717, 1.165) is 0 Å². The normalized spacial score (nSPS) is 26.1. The van der Waals surface area contributed by atoms with Crippen LogP contribution in [0.15, 0.2) is 5.11 Å². The summed E-state index contributed by atoms with van der Waals surface area (Å²) in [4.78, 5) is 14.9. The third-order valence-corrected chi connectivity index (χ3v) is 3.69. The molecule has 20 heavy (non-hydrogen) atoms. The lowest BCUT2D eigenvalue weighted by atomic mass is 9.83. The van der Waals surface area contributed by atoms with Gasteiger partial charge in [0.1, 0.15) is 5.54 Å². The van der Waals surface area contributed by atoms with Crippen molar-refractivity contribution in [3.05, 3.63) is 10.4 Å². The van der Waals surface area contributed by atoms with E-state index in [0.29, 0.717) is 44.9 Å². The highest BCUT2D eigenvalue weighted by molar-refractivity contribution is 5.81. The Morgan fingerprint density at radius 3 is 3.00 bits per heavy atom. The van der Waals surface area contributed by atoms with Gasteiger partial charge in [-0.15, -0.1) is 0 Å². The van der Waals surface area contributed by atoms with Crippen molar-refractivity contribution in [2.45, 2.75) is 44.8 Å². The van der Waals surface area contributed by atoms with E-state index in [-0.39, 0.29) is 12.1 Å². The Kier molecular flexibility index (Phi) is 6.78. The molecule has 0 spiro atoms. The van der Waals surface area contributed by atoms with Gasteiger partial charge in [0.25, 0.3) is 0 Å². The van der Waals surface area contributed by atoms with Gasteiger partial charge in [-0.2, -0.15) is 0 Å². The number of nitrogens with zero attached hydrogens (tertiary/aromatic N) is 3. The van der Waals surface area contributed by atoms with E-state index in [4.69, 9.17) is 15.0 Å². The molecule has 0 aromatic rings. The van der Waals surface area contributed by atoms with Crippen molar-refractivity contribution in [1.82, 2.24) is 5.32 Å². The van der Waals surface area contributed by atoms with Crippen LogP contribution in [0.2, 0.25) is 0 Å². The number of esters is 1. The van der Waals surface area contributed by atoms with Gasteiger partial charge in [0.15, 0.2) is 0 Å². The molecule has 0 saturated carbocycles. The maximum absolute atomic E-state index is 12.2. The number of nitrogens with one attached hydrogen (secondary N) is 1. The summed E-state index contributed by atoms with van der Waals surface area (Å²) >= 11 is 0. The van der Waals surface area contributed by atoms with Crippen molar-refractivity contribution in [2.24, 2.45) is 11.0 Å². The number of ether oxygens (including phenoxy) is 2. The third-order valence-electron chi connectivity index (χ3n) is 3.69. The summed E-state index contributed by atoms with van der Waals surface area (Å²) in [5.74, 6) is 0.111. The van der Waals surface area contributed by atoms with E-state index >= 15 is 0 Å². The summed E-state index contributed by atoms with van der Waals surface area (Å²) in [5, 5.41) is 6.78. The maximum Gasteiger partial charge on any atom is 0.326 e. The molecule has 1 aliphatic rings. The molecule has 1 aliphatic heterocycles. The molecule has 0 aromatic carbocycles. The molecule has 2 atom stereocenters. The first-order valence-electron chi connectivity index (χ1n) is 7.01. The Bertz CT molecular complexity index is 369. The Hall–Kier alpha value is -1.30. The molecule has 0 amide bonds. The lowest BCUT2D eigenvalue weighted by Crippen LogP contribution is -2.58. The van der Waals surface area contributed by atoms with Crippen molar-refractivity contribution in [2.75, 3.05) is 26.8 Å². The first kappa shape index (κ1) is 16.8. The average molecular weight is 284 g/mol. The van der Waals surface area contributed by atoms with Gasteiger partial charge in [-0.05, 0) is 30.8 Å². The number of carbonyl (C=O) groups is 1. The molecule has 7 heteroatoms. The summed E-state index contributed by atoms with van der Waals surface area (Å²) in [6.45, 7) is 5.74. The minimum atomic E-state index is -0.682. The molecule has 1 N–H and O–H groups in total. The molecular weight excluding hydrogens is 260 g/mol. The van der Waals surface area contributed by atoms with E-state index in [1.54, 1.807) is 0 Å². The van der Waals surface area contributed by atoms with E-state index in [9.17, 15) is 4.79 Å². The summed E-state index contributed by atoms with van der Waals surface area (Å²) in [6.07, 6.45) is 1.95. The molecule has 2 unspecified atom stereocenters. The number of azide groups is 1. The van der Waals surface area contributed by atoms with E-state index in [2.05, 4.69) is 29.2 Å². The molecule has 114 valence electrons. The minimum absolute atomic E-state index is 0.0486. The van der Waals surface area contributed by atoms with Crippen molar-refractivity contribution >= 4 is 5.97 Å². The number of hydrogen-bond donors (Lipinski definition) is 1. The fraction of sp³-hybridized carbons (Fsp3) is 0.923. The highest BCUT2D eigenvalue weighted by atomic mass is 16.5. The number of rotatable bonds is 7. The van der Waals surface area contributed by atoms with Gasteiger partial charge in [-0.1, -0.05) is 19.0 Å². The largest absolute Gasteiger partial charge is 0.468 e. The summed E-state index contributed by atoms with van der Waals surface area (Å²) < 4.78 is 10.7. The predicted molar refractivity (Wildman–Crippen MR) is 75.2 cm³/mol. The zero-order valence-electron chi connectivity index (χ0n) is 12.5. The second-order valence-electron chi connectivity index (χ2n) is 5.42. The zero-order chi connectivity index (χ0) is 15.0. The minimum Gasteiger partial charge on any atom is -0.468 e. The van der Waals surface area contributed by atoms with Gasteiger partial charge in [-0.25, -0.2) is 0 Å². The van der Waals surface area contributed by atoms with Gasteiger partial charge in [0.2, 0.25) is 0 Å². The van der Waals surface area contributed by atoms with Gasteiger partial charge in [0, 0.05) is 24.5 Å². The molecule has 1 fully saturated rings. The lowest BCUT2D eigenvalue weighted by molar-refractivity contribution is -0.157. The second kappa shape index (κ2) is 8.09. The molecule has 0 bridgehead atoms. The van der Waals surface area contributed by atoms with Gasteiger partial charge in [-0.3, -0.25) is 4.79 Å². The first-order chi connectivity index (χ1) is 9.55. The Morgan fingerprint density at radius 1 is 1.65 bits per heavy atom. The zero-order valence-corrected chi connectivity index (χ0v) is 12.5. The Labute approximate surface area is 119 Å². The van der Waals surface area contributed by atoms with E-state index < -0.39 is 5.54 Å². The quantitative estimate of drug-likeness (QED) is 0.254. The molecule has 0 aromatic heterocycles. The van der Waals surface area contributed by atoms with E-state index in [1.165, 1.54) is 7.11 Å². The van der Waals surface area contributed by atoms with Crippen molar-refractivity contribution in [3.63, 3.8) is 0 Å². The monoisotopic (exact) mass is 284 g/mol. The fourth-order valence-corrected chi connectivity index (χ4v) is 2.45. The van der Waals surface area contributed by atoms with Crippen LogP contribution in [-0.4, -0.2) is 44.4 Å². The standard InChI is InChI=1S/C13H24N4O3/c1-10(2)11-9-13(5-8-20-11,12(18)19-3)15-6-4-7-16-17-14/h10-11,15H,4-9H2,1-3H3. The van der Waals surface area contributed by atoms with Gasteiger partial charge < -0.3 is 14.8 Å². The number of carbonyl (C=O) groups excluding carboxylic acids is 1. The Morgan fingerprint density at radius 2 is 2.40 bits per heavy atom. The molecule has 0 aliphatic carbocycles. The SMILES string of the molecule is COC(=O)C1(NCCCN=[N+]=[N-])CCOC(C(C)C)C1. The number of hydrogen-bond acceptors (Lipinski definition) is 5. The highest BCUT2D eigenvalue weighted by Gasteiger charge is 2.44. The molecule has 7 nitrogen and oxygen atoms in total. The molecule has 0 radical (unpaired) electrons. The molecule has 1 rings (SSSR count). The van der Waals surface area contributed by atoms with Crippen LogP contribution in [0.5, 0.6) is 0 Å². The number of methoxy groups -OCH3 is 1. The van der Waals surface area contributed by atoms with Crippen LogP contribution in [0, 0.1) is 5.92 Å². The van der Waals surface area contributed by atoms with Crippen molar-refractivity contribution in [3.8, 4) is 0 Å². The fourth-order valence-electron chi connectivity index (χ4n) is 2.45. The average Bonchev–Trinajstić information content (AvgIpc) is 2.46. The summed E-state index contributed by atoms with van der Waals surface area (Å²) in [6, 6.07) is 0. The van der Waals surface area contributed by atoms with Crippen LogP contribution in [0.25, 0.3) is 10.4 Å². The Balaban J connectivity index is 2.66. The van der Waals surface area contributed by atoms with Crippen LogP contribution < -0.4 is 5.32 Å². The molecule has 1 saturated heterocycles. The highest BCUT2D eigenvalue weighted by Crippen LogP contribution is 2.29.